The number of ether oxygens (including phenoxy) is 2. The summed E-state index contributed by atoms with van der Waals surface area (Å²) in [6, 6.07) is 17.3. The van der Waals surface area contributed by atoms with E-state index < -0.39 is 0 Å². The van der Waals surface area contributed by atoms with Gasteiger partial charge in [0.15, 0.2) is 0 Å². The molecule has 166 valence electrons. The van der Waals surface area contributed by atoms with Crippen molar-refractivity contribution in [3.05, 3.63) is 76.3 Å². The lowest BCUT2D eigenvalue weighted by molar-refractivity contribution is -0.113. The van der Waals surface area contributed by atoms with Gasteiger partial charge in [0.1, 0.15) is 17.1 Å². The van der Waals surface area contributed by atoms with Gasteiger partial charge in [-0.2, -0.15) is 0 Å². The molecule has 0 aliphatic heterocycles. The third kappa shape index (κ3) is 5.88. The Kier molecular flexibility index (Phi) is 8.27. The summed E-state index contributed by atoms with van der Waals surface area (Å²) in [5, 5.41) is 6.25. The second kappa shape index (κ2) is 11.1. The Bertz CT molecular complexity index is 1100. The lowest BCUT2D eigenvalue weighted by Crippen LogP contribution is -2.15. The number of halogens is 2. The third-order valence-corrected chi connectivity index (χ3v) is 6.19. The maximum absolute atomic E-state index is 12.7. The number of carbonyl (C=O) groups is 2. The molecule has 3 aromatic carbocycles. The zero-order valence-electron chi connectivity index (χ0n) is 17.3. The molecule has 0 atom stereocenters. The van der Waals surface area contributed by atoms with Crippen molar-refractivity contribution >= 4 is 58.2 Å². The molecule has 32 heavy (non-hydrogen) atoms. The molecular weight excluding hydrogens is 471 g/mol. The summed E-state index contributed by atoms with van der Waals surface area (Å²) >= 11 is 13.4. The first kappa shape index (κ1) is 23.8. The van der Waals surface area contributed by atoms with Crippen LogP contribution in [-0.2, 0) is 4.79 Å². The minimum absolute atomic E-state index is 0.187. The minimum Gasteiger partial charge on any atom is -0.496 e. The standard InChI is InChI=1S/C23H20Cl2N2O4S/c1-30-18-7-4-8-19(31-2)21(18)23(29)26-14-9-11-15(12-10-14)32-13-20(28)27-17-6-3-5-16(24)22(17)25/h3-12H,13H2,1-2H3,(H,26,29)(H,27,28). The number of thioether (sulfide) groups is 1. The Morgan fingerprint density at radius 1 is 0.875 bits per heavy atom. The molecule has 3 rings (SSSR count). The number of hydrogen-bond donors (Lipinski definition) is 2. The maximum Gasteiger partial charge on any atom is 0.263 e. The zero-order chi connectivity index (χ0) is 23.1. The summed E-state index contributed by atoms with van der Waals surface area (Å²) in [5.41, 5.74) is 1.38. The Balaban J connectivity index is 1.59. The predicted molar refractivity (Wildman–Crippen MR) is 130 cm³/mol. The molecule has 0 unspecified atom stereocenters. The molecule has 0 bridgehead atoms. The summed E-state index contributed by atoms with van der Waals surface area (Å²) < 4.78 is 10.6. The summed E-state index contributed by atoms with van der Waals surface area (Å²) in [5.74, 6) is 0.462. The second-order valence-electron chi connectivity index (χ2n) is 6.45. The van der Waals surface area contributed by atoms with Crippen molar-refractivity contribution in [1.82, 2.24) is 0 Å². The van der Waals surface area contributed by atoms with E-state index in [4.69, 9.17) is 32.7 Å². The first-order valence-corrected chi connectivity index (χ1v) is 11.2. The van der Waals surface area contributed by atoms with Gasteiger partial charge in [-0.1, -0.05) is 35.3 Å². The number of nitrogens with one attached hydrogen (secondary N) is 2. The van der Waals surface area contributed by atoms with Crippen LogP contribution in [-0.4, -0.2) is 31.8 Å². The number of hydrogen-bond acceptors (Lipinski definition) is 5. The fourth-order valence-corrected chi connectivity index (χ4v) is 3.88. The molecular formula is C23H20Cl2N2O4S. The highest BCUT2D eigenvalue weighted by atomic mass is 35.5. The molecule has 0 heterocycles. The van der Waals surface area contributed by atoms with Crippen LogP contribution in [0.15, 0.2) is 65.6 Å². The Labute approximate surface area is 200 Å². The van der Waals surface area contributed by atoms with Gasteiger partial charge >= 0.3 is 0 Å². The largest absolute Gasteiger partial charge is 0.496 e. The van der Waals surface area contributed by atoms with E-state index in [2.05, 4.69) is 10.6 Å². The van der Waals surface area contributed by atoms with Crippen LogP contribution in [0.3, 0.4) is 0 Å². The summed E-state index contributed by atoms with van der Waals surface area (Å²) in [6.07, 6.45) is 0. The molecule has 9 heteroatoms. The summed E-state index contributed by atoms with van der Waals surface area (Å²) in [7, 11) is 2.99. The normalized spacial score (nSPS) is 10.4. The highest BCUT2D eigenvalue weighted by Gasteiger charge is 2.18. The van der Waals surface area contributed by atoms with E-state index >= 15 is 0 Å². The molecule has 0 aromatic heterocycles. The molecule has 0 saturated carbocycles. The van der Waals surface area contributed by atoms with E-state index in [0.29, 0.717) is 38.5 Å². The molecule has 3 aromatic rings. The lowest BCUT2D eigenvalue weighted by Gasteiger charge is -2.13. The SMILES string of the molecule is COc1cccc(OC)c1C(=O)Nc1ccc(SCC(=O)Nc2cccc(Cl)c2Cl)cc1. The number of anilines is 2. The van der Waals surface area contributed by atoms with Crippen LogP contribution in [0.25, 0.3) is 0 Å². The smallest absolute Gasteiger partial charge is 0.263 e. The molecule has 0 spiro atoms. The maximum atomic E-state index is 12.7. The molecule has 2 N–H and O–H groups in total. The molecule has 0 aliphatic carbocycles. The topological polar surface area (TPSA) is 76.7 Å². The van der Waals surface area contributed by atoms with Crippen molar-refractivity contribution in [3.63, 3.8) is 0 Å². The molecule has 0 aliphatic rings. The number of amides is 2. The van der Waals surface area contributed by atoms with E-state index in [1.165, 1.54) is 26.0 Å². The van der Waals surface area contributed by atoms with E-state index in [1.54, 1.807) is 48.5 Å². The van der Waals surface area contributed by atoms with Gasteiger partial charge in [-0.15, -0.1) is 11.8 Å². The van der Waals surface area contributed by atoms with Crippen LogP contribution >= 0.6 is 35.0 Å². The fraction of sp³-hybridized carbons (Fsp3) is 0.130. The highest BCUT2D eigenvalue weighted by Crippen LogP contribution is 2.31. The van der Waals surface area contributed by atoms with Crippen LogP contribution in [0.1, 0.15) is 10.4 Å². The molecule has 0 saturated heterocycles. The predicted octanol–water partition coefficient (Wildman–Crippen LogP) is 5.99. The average molecular weight is 491 g/mol. The van der Waals surface area contributed by atoms with E-state index in [-0.39, 0.29) is 17.6 Å². The van der Waals surface area contributed by atoms with Gasteiger partial charge in [-0.3, -0.25) is 9.59 Å². The van der Waals surface area contributed by atoms with Crippen molar-refractivity contribution < 1.29 is 19.1 Å². The lowest BCUT2D eigenvalue weighted by atomic mass is 10.1. The Morgan fingerprint density at radius 3 is 2.12 bits per heavy atom. The van der Waals surface area contributed by atoms with E-state index in [0.717, 1.165) is 4.90 Å². The van der Waals surface area contributed by atoms with Crippen molar-refractivity contribution in [2.24, 2.45) is 0 Å². The van der Waals surface area contributed by atoms with Crippen molar-refractivity contribution in [1.29, 1.82) is 0 Å². The zero-order valence-corrected chi connectivity index (χ0v) is 19.6. The monoisotopic (exact) mass is 490 g/mol. The van der Waals surface area contributed by atoms with Crippen LogP contribution < -0.4 is 20.1 Å². The summed E-state index contributed by atoms with van der Waals surface area (Å²) in [6.45, 7) is 0. The van der Waals surface area contributed by atoms with Gasteiger partial charge in [0.05, 0.1) is 35.7 Å². The van der Waals surface area contributed by atoms with Gasteiger partial charge in [-0.25, -0.2) is 0 Å². The number of rotatable bonds is 8. The van der Waals surface area contributed by atoms with E-state index in [9.17, 15) is 9.59 Å². The van der Waals surface area contributed by atoms with Gasteiger partial charge in [0.25, 0.3) is 5.91 Å². The molecule has 0 radical (unpaired) electrons. The minimum atomic E-state index is -0.350. The Morgan fingerprint density at radius 2 is 1.50 bits per heavy atom. The van der Waals surface area contributed by atoms with E-state index in [1.807, 2.05) is 12.1 Å². The van der Waals surface area contributed by atoms with Gasteiger partial charge in [0.2, 0.25) is 5.91 Å². The van der Waals surface area contributed by atoms with Crippen LogP contribution in [0, 0.1) is 0 Å². The van der Waals surface area contributed by atoms with Crippen molar-refractivity contribution in [3.8, 4) is 11.5 Å². The van der Waals surface area contributed by atoms with Crippen LogP contribution in [0.5, 0.6) is 11.5 Å². The first-order chi connectivity index (χ1) is 15.4. The van der Waals surface area contributed by atoms with Gasteiger partial charge < -0.3 is 20.1 Å². The Hall–Kier alpha value is -2.87. The summed E-state index contributed by atoms with van der Waals surface area (Å²) in [4.78, 5) is 25.8. The van der Waals surface area contributed by atoms with Crippen molar-refractivity contribution in [2.75, 3.05) is 30.6 Å². The van der Waals surface area contributed by atoms with Crippen LogP contribution in [0.4, 0.5) is 11.4 Å². The average Bonchev–Trinajstić information content (AvgIpc) is 2.81. The van der Waals surface area contributed by atoms with Crippen molar-refractivity contribution in [2.45, 2.75) is 4.90 Å². The molecule has 6 nitrogen and oxygen atoms in total. The second-order valence-corrected chi connectivity index (χ2v) is 8.29. The van der Waals surface area contributed by atoms with Gasteiger partial charge in [-0.05, 0) is 48.5 Å². The molecule has 0 fully saturated rings. The quantitative estimate of drug-likeness (QED) is 0.379. The number of carbonyl (C=O) groups excluding carboxylic acids is 2. The highest BCUT2D eigenvalue weighted by molar-refractivity contribution is 8.00. The van der Waals surface area contributed by atoms with Crippen LogP contribution in [0.2, 0.25) is 10.0 Å². The first-order valence-electron chi connectivity index (χ1n) is 9.42. The third-order valence-electron chi connectivity index (χ3n) is 4.36. The molecule has 2 amide bonds. The fourth-order valence-electron chi connectivity index (χ4n) is 2.84. The number of benzene rings is 3. The number of methoxy groups -OCH3 is 2. The van der Waals surface area contributed by atoms with Gasteiger partial charge in [0, 0.05) is 10.6 Å².